The minimum atomic E-state index is 0. The van der Waals surface area contributed by atoms with Gasteiger partial charge in [0.2, 0.25) is 0 Å². The van der Waals surface area contributed by atoms with Gasteiger partial charge in [0.25, 0.3) is 0 Å². The monoisotopic (exact) mass is 504 g/mol. The van der Waals surface area contributed by atoms with Crippen molar-refractivity contribution in [3.05, 3.63) is 23.2 Å². The van der Waals surface area contributed by atoms with Crippen molar-refractivity contribution in [1.29, 1.82) is 0 Å². The second-order valence-electron chi connectivity index (χ2n) is 6.46. The summed E-state index contributed by atoms with van der Waals surface area (Å²) in [7, 11) is 3.92. The van der Waals surface area contributed by atoms with Crippen LogP contribution in [0.4, 0.5) is 5.13 Å². The SMILES string of the molecule is CCNC(=NCCc1csc(N2CCCC2)n1)N(C)Cc1ncnn1C.I. The van der Waals surface area contributed by atoms with Crippen molar-refractivity contribution in [3.8, 4) is 0 Å². The first-order valence-corrected chi connectivity index (χ1v) is 10.1. The molecule has 3 heterocycles. The number of rotatable bonds is 7. The lowest BCUT2D eigenvalue weighted by atomic mass is 10.3. The van der Waals surface area contributed by atoms with Crippen LogP contribution < -0.4 is 10.2 Å². The van der Waals surface area contributed by atoms with Crippen LogP contribution in [0.3, 0.4) is 0 Å². The van der Waals surface area contributed by atoms with E-state index in [-0.39, 0.29) is 24.0 Å². The fourth-order valence-electron chi connectivity index (χ4n) is 2.96. The molecule has 27 heavy (non-hydrogen) atoms. The molecule has 1 aliphatic heterocycles. The number of aryl methyl sites for hydroxylation is 1. The molecule has 0 atom stereocenters. The summed E-state index contributed by atoms with van der Waals surface area (Å²) < 4.78 is 1.79. The van der Waals surface area contributed by atoms with Gasteiger partial charge in [-0.3, -0.25) is 9.67 Å². The van der Waals surface area contributed by atoms with Gasteiger partial charge in [-0.05, 0) is 19.8 Å². The van der Waals surface area contributed by atoms with Crippen LogP contribution in [0.15, 0.2) is 16.7 Å². The number of thiazole rings is 1. The highest BCUT2D eigenvalue weighted by molar-refractivity contribution is 14.0. The van der Waals surface area contributed by atoms with Crippen LogP contribution in [0.5, 0.6) is 0 Å². The predicted octanol–water partition coefficient (Wildman–Crippen LogP) is 2.13. The third-order valence-electron chi connectivity index (χ3n) is 4.43. The average Bonchev–Trinajstić information content (AvgIpc) is 3.36. The standard InChI is InChI=1S/C17H28N8S.HI/c1-4-18-16(23(2)11-15-20-13-21-24(15)3)19-8-7-14-12-26-17(22-14)25-9-5-6-10-25;/h12-13H,4-11H2,1-3H3,(H,18,19);1H. The zero-order valence-corrected chi connectivity index (χ0v) is 19.4. The number of guanidine groups is 1. The Kier molecular flexibility index (Phi) is 8.74. The summed E-state index contributed by atoms with van der Waals surface area (Å²) in [5.41, 5.74) is 1.13. The number of nitrogens with one attached hydrogen (secondary N) is 1. The molecular formula is C17H29IN8S. The maximum absolute atomic E-state index is 4.77. The van der Waals surface area contributed by atoms with E-state index in [0.717, 1.165) is 48.7 Å². The van der Waals surface area contributed by atoms with E-state index in [1.165, 1.54) is 12.8 Å². The molecule has 8 nitrogen and oxygen atoms in total. The molecule has 3 rings (SSSR count). The fourth-order valence-corrected chi connectivity index (χ4v) is 3.87. The van der Waals surface area contributed by atoms with Gasteiger partial charge in [0.05, 0.1) is 12.2 Å². The van der Waals surface area contributed by atoms with Gasteiger partial charge in [-0.15, -0.1) is 35.3 Å². The number of nitrogens with zero attached hydrogens (tertiary/aromatic N) is 7. The molecule has 150 valence electrons. The average molecular weight is 504 g/mol. The number of halogens is 1. The minimum absolute atomic E-state index is 0. The van der Waals surface area contributed by atoms with E-state index >= 15 is 0 Å². The van der Waals surface area contributed by atoms with Crippen LogP contribution >= 0.6 is 35.3 Å². The molecule has 0 amide bonds. The van der Waals surface area contributed by atoms with Crippen molar-refractivity contribution >= 4 is 46.4 Å². The molecule has 0 saturated carbocycles. The Hall–Kier alpha value is -1.43. The number of hydrogen-bond acceptors (Lipinski definition) is 6. The summed E-state index contributed by atoms with van der Waals surface area (Å²) >= 11 is 1.75. The van der Waals surface area contributed by atoms with Crippen LogP contribution in [-0.4, -0.2) is 63.8 Å². The molecule has 0 aliphatic carbocycles. The minimum Gasteiger partial charge on any atom is -0.357 e. The predicted molar refractivity (Wildman–Crippen MR) is 121 cm³/mol. The zero-order chi connectivity index (χ0) is 18.4. The third kappa shape index (κ3) is 6.03. The molecule has 2 aromatic rings. The Bertz CT molecular complexity index is 722. The van der Waals surface area contributed by atoms with Gasteiger partial charge in [-0.2, -0.15) is 5.10 Å². The molecule has 1 aliphatic rings. The van der Waals surface area contributed by atoms with E-state index in [4.69, 9.17) is 9.98 Å². The van der Waals surface area contributed by atoms with E-state index in [2.05, 4.69) is 37.5 Å². The Morgan fingerprint density at radius 2 is 2.15 bits per heavy atom. The van der Waals surface area contributed by atoms with Crippen molar-refractivity contribution in [1.82, 2.24) is 30.0 Å². The lowest BCUT2D eigenvalue weighted by molar-refractivity contribution is 0.448. The molecule has 0 spiro atoms. The fraction of sp³-hybridized carbons (Fsp3) is 0.647. The van der Waals surface area contributed by atoms with Crippen molar-refractivity contribution in [2.45, 2.75) is 32.7 Å². The highest BCUT2D eigenvalue weighted by atomic mass is 127. The van der Waals surface area contributed by atoms with Crippen molar-refractivity contribution < 1.29 is 0 Å². The second kappa shape index (κ2) is 10.8. The summed E-state index contributed by atoms with van der Waals surface area (Å²) in [5, 5.41) is 10.8. The smallest absolute Gasteiger partial charge is 0.194 e. The van der Waals surface area contributed by atoms with Crippen LogP contribution in [0.1, 0.15) is 31.3 Å². The molecule has 10 heteroatoms. The highest BCUT2D eigenvalue weighted by Gasteiger charge is 2.15. The number of anilines is 1. The largest absolute Gasteiger partial charge is 0.357 e. The topological polar surface area (TPSA) is 74.5 Å². The van der Waals surface area contributed by atoms with Crippen molar-refractivity contribution in [2.75, 3.05) is 38.1 Å². The Balaban J connectivity index is 0.00000261. The normalized spacial score (nSPS) is 14.3. The van der Waals surface area contributed by atoms with Crippen molar-refractivity contribution in [3.63, 3.8) is 0 Å². The van der Waals surface area contributed by atoms with E-state index in [9.17, 15) is 0 Å². The number of aliphatic imine (C=N–C) groups is 1. The molecule has 1 N–H and O–H groups in total. The lowest BCUT2D eigenvalue weighted by Gasteiger charge is -2.21. The molecule has 0 aromatic carbocycles. The van der Waals surface area contributed by atoms with Gasteiger partial charge in [0, 0.05) is 52.1 Å². The van der Waals surface area contributed by atoms with Crippen LogP contribution in [0, 0.1) is 0 Å². The van der Waals surface area contributed by atoms with Gasteiger partial charge in [-0.25, -0.2) is 9.97 Å². The Labute approximate surface area is 182 Å². The number of hydrogen-bond donors (Lipinski definition) is 1. The van der Waals surface area contributed by atoms with Gasteiger partial charge >= 0.3 is 0 Å². The molecule has 0 unspecified atom stereocenters. The maximum Gasteiger partial charge on any atom is 0.194 e. The van der Waals surface area contributed by atoms with Crippen LogP contribution in [0.2, 0.25) is 0 Å². The molecular weight excluding hydrogens is 475 g/mol. The Morgan fingerprint density at radius 3 is 2.81 bits per heavy atom. The van der Waals surface area contributed by atoms with E-state index in [1.54, 1.807) is 22.3 Å². The van der Waals surface area contributed by atoms with Crippen molar-refractivity contribution in [2.24, 2.45) is 12.0 Å². The second-order valence-corrected chi connectivity index (χ2v) is 7.29. The summed E-state index contributed by atoms with van der Waals surface area (Å²) in [5.74, 6) is 1.79. The zero-order valence-electron chi connectivity index (χ0n) is 16.3. The van der Waals surface area contributed by atoms with E-state index in [0.29, 0.717) is 13.1 Å². The molecule has 1 fully saturated rings. The first-order valence-electron chi connectivity index (χ1n) is 9.19. The Morgan fingerprint density at radius 1 is 1.37 bits per heavy atom. The maximum atomic E-state index is 4.77. The summed E-state index contributed by atoms with van der Waals surface area (Å²) in [6, 6.07) is 0. The molecule has 1 saturated heterocycles. The summed E-state index contributed by atoms with van der Waals surface area (Å²) in [4.78, 5) is 18.3. The third-order valence-corrected chi connectivity index (χ3v) is 5.38. The quantitative estimate of drug-likeness (QED) is 0.354. The molecule has 0 radical (unpaired) electrons. The first kappa shape index (κ1) is 21.9. The van der Waals surface area contributed by atoms with Gasteiger partial charge in [0.1, 0.15) is 12.2 Å². The number of aromatic nitrogens is 4. The van der Waals surface area contributed by atoms with Gasteiger partial charge in [0.15, 0.2) is 11.1 Å². The first-order chi connectivity index (χ1) is 12.7. The molecule has 0 bridgehead atoms. The van der Waals surface area contributed by atoms with E-state index in [1.807, 2.05) is 14.1 Å². The van der Waals surface area contributed by atoms with Gasteiger partial charge in [-0.1, -0.05) is 0 Å². The van der Waals surface area contributed by atoms with E-state index < -0.39 is 0 Å². The highest BCUT2D eigenvalue weighted by Crippen LogP contribution is 2.24. The molecule has 2 aromatic heterocycles. The van der Waals surface area contributed by atoms with Crippen LogP contribution in [0.25, 0.3) is 0 Å². The van der Waals surface area contributed by atoms with Gasteiger partial charge < -0.3 is 15.1 Å². The lowest BCUT2D eigenvalue weighted by Crippen LogP contribution is -2.39. The summed E-state index contributed by atoms with van der Waals surface area (Å²) in [6.07, 6.45) is 5.00. The summed E-state index contributed by atoms with van der Waals surface area (Å²) in [6.45, 7) is 6.57. The van der Waals surface area contributed by atoms with Crippen LogP contribution in [-0.2, 0) is 20.0 Å².